The van der Waals surface area contributed by atoms with Crippen molar-refractivity contribution in [3.05, 3.63) is 46.9 Å². The second kappa shape index (κ2) is 3.95. The Morgan fingerprint density at radius 3 is 2.71 bits per heavy atom. The van der Waals surface area contributed by atoms with E-state index in [2.05, 4.69) is 41.2 Å². The summed E-state index contributed by atoms with van der Waals surface area (Å²) in [5.74, 6) is 0.873. The maximum absolute atomic E-state index is 4.66. The van der Waals surface area contributed by atoms with Gasteiger partial charge >= 0.3 is 0 Å². The van der Waals surface area contributed by atoms with Gasteiger partial charge in [0.05, 0.1) is 5.69 Å². The third kappa shape index (κ3) is 1.74. The molecule has 0 spiro atoms. The van der Waals surface area contributed by atoms with Crippen LogP contribution < -0.4 is 0 Å². The summed E-state index contributed by atoms with van der Waals surface area (Å²) in [6.45, 7) is 4.07. The van der Waals surface area contributed by atoms with E-state index in [1.807, 2.05) is 6.92 Å². The van der Waals surface area contributed by atoms with Crippen LogP contribution in [0.2, 0.25) is 0 Å². The van der Waals surface area contributed by atoms with Crippen LogP contribution in [-0.2, 0) is 12.8 Å². The summed E-state index contributed by atoms with van der Waals surface area (Å²) in [5.41, 5.74) is 6.35. The fraction of sp³-hybridized carbons (Fsp3) is 0.333. The van der Waals surface area contributed by atoms with E-state index in [0.717, 1.165) is 30.1 Å². The van der Waals surface area contributed by atoms with Gasteiger partial charge in [0.1, 0.15) is 5.82 Å². The zero-order valence-electron chi connectivity index (χ0n) is 10.3. The van der Waals surface area contributed by atoms with Crippen molar-refractivity contribution in [2.45, 2.75) is 33.1 Å². The topological polar surface area (TPSA) is 25.8 Å². The van der Waals surface area contributed by atoms with Crippen molar-refractivity contribution in [3.63, 3.8) is 0 Å². The molecule has 17 heavy (non-hydrogen) atoms. The molecule has 1 aromatic heterocycles. The second-order valence-corrected chi connectivity index (χ2v) is 4.69. The number of benzene rings is 1. The van der Waals surface area contributed by atoms with Gasteiger partial charge in [-0.1, -0.05) is 24.3 Å². The van der Waals surface area contributed by atoms with Crippen LogP contribution in [0.25, 0.3) is 11.3 Å². The Kier molecular flexibility index (Phi) is 2.43. The van der Waals surface area contributed by atoms with Crippen LogP contribution in [0.4, 0.5) is 0 Å². The van der Waals surface area contributed by atoms with Crippen LogP contribution in [0.1, 0.15) is 29.1 Å². The molecule has 0 amide bonds. The average Bonchev–Trinajstić information content (AvgIpc) is 2.49. The largest absolute Gasteiger partial charge is 0.238 e. The lowest BCUT2D eigenvalue weighted by atomic mass is 10.0. The molecule has 0 atom stereocenters. The van der Waals surface area contributed by atoms with E-state index < -0.39 is 0 Å². The van der Waals surface area contributed by atoms with Gasteiger partial charge in [-0.15, -0.1) is 0 Å². The molecule has 0 fully saturated rings. The molecule has 1 heterocycles. The van der Waals surface area contributed by atoms with Gasteiger partial charge in [0.2, 0.25) is 0 Å². The zero-order valence-corrected chi connectivity index (χ0v) is 10.3. The van der Waals surface area contributed by atoms with Crippen LogP contribution in [0.15, 0.2) is 24.3 Å². The first-order valence-electron chi connectivity index (χ1n) is 6.18. The van der Waals surface area contributed by atoms with Gasteiger partial charge < -0.3 is 0 Å². The van der Waals surface area contributed by atoms with Crippen molar-refractivity contribution in [1.82, 2.24) is 9.97 Å². The summed E-state index contributed by atoms with van der Waals surface area (Å²) in [7, 11) is 0. The van der Waals surface area contributed by atoms with Gasteiger partial charge in [-0.05, 0) is 44.2 Å². The Morgan fingerprint density at radius 2 is 1.82 bits per heavy atom. The SMILES string of the molecule is Cc1nc(C)c2c(n1)-c1ccccc1CCC2. The number of hydrogen-bond acceptors (Lipinski definition) is 2. The minimum atomic E-state index is 0.873. The number of nitrogens with zero attached hydrogens (tertiary/aromatic N) is 2. The maximum atomic E-state index is 4.66. The molecule has 2 nitrogen and oxygen atoms in total. The van der Waals surface area contributed by atoms with Crippen molar-refractivity contribution in [3.8, 4) is 11.3 Å². The van der Waals surface area contributed by atoms with Crippen LogP contribution in [-0.4, -0.2) is 9.97 Å². The summed E-state index contributed by atoms with van der Waals surface area (Å²) in [6, 6.07) is 8.62. The highest BCUT2D eigenvalue weighted by molar-refractivity contribution is 5.68. The smallest absolute Gasteiger partial charge is 0.126 e. The molecule has 0 saturated carbocycles. The highest BCUT2D eigenvalue weighted by atomic mass is 14.9. The van der Waals surface area contributed by atoms with Crippen LogP contribution in [0.3, 0.4) is 0 Å². The van der Waals surface area contributed by atoms with E-state index >= 15 is 0 Å². The molecule has 3 rings (SSSR count). The fourth-order valence-electron chi connectivity index (χ4n) is 2.68. The predicted molar refractivity (Wildman–Crippen MR) is 69.0 cm³/mol. The molecule has 1 aromatic carbocycles. The first kappa shape index (κ1) is 10.5. The second-order valence-electron chi connectivity index (χ2n) is 4.69. The Hall–Kier alpha value is -1.70. The van der Waals surface area contributed by atoms with Crippen molar-refractivity contribution in [2.24, 2.45) is 0 Å². The van der Waals surface area contributed by atoms with Crippen molar-refractivity contribution in [1.29, 1.82) is 0 Å². The molecule has 2 heteroatoms. The summed E-state index contributed by atoms with van der Waals surface area (Å²) in [6.07, 6.45) is 3.43. The lowest BCUT2D eigenvalue weighted by molar-refractivity contribution is 0.817. The van der Waals surface area contributed by atoms with Gasteiger partial charge in [-0.2, -0.15) is 0 Å². The Bertz CT molecular complexity index is 573. The standard InChI is InChI=1S/C15H16N2/c1-10-13-9-5-7-12-6-3-4-8-14(12)15(13)17-11(2)16-10/h3-4,6,8H,5,7,9H2,1-2H3. The van der Waals surface area contributed by atoms with E-state index in [9.17, 15) is 0 Å². The molecule has 0 bridgehead atoms. The molecule has 0 N–H and O–H groups in total. The molecule has 2 aromatic rings. The van der Waals surface area contributed by atoms with Crippen LogP contribution in [0, 0.1) is 13.8 Å². The number of fused-ring (bicyclic) bond motifs is 3. The van der Waals surface area contributed by atoms with Gasteiger partial charge in [0, 0.05) is 11.3 Å². The molecule has 0 unspecified atom stereocenters. The monoisotopic (exact) mass is 224 g/mol. The Balaban J connectivity index is 2.32. The lowest BCUT2D eigenvalue weighted by Crippen LogP contribution is -2.01. The average molecular weight is 224 g/mol. The summed E-state index contributed by atoms with van der Waals surface area (Å²) >= 11 is 0. The summed E-state index contributed by atoms with van der Waals surface area (Å²) in [5, 5.41) is 0. The number of hydrogen-bond donors (Lipinski definition) is 0. The minimum absolute atomic E-state index is 0.873. The third-order valence-electron chi connectivity index (χ3n) is 3.47. The van der Waals surface area contributed by atoms with E-state index in [0.29, 0.717) is 0 Å². The van der Waals surface area contributed by atoms with Gasteiger partial charge in [-0.3, -0.25) is 0 Å². The predicted octanol–water partition coefficient (Wildman–Crippen LogP) is 3.25. The molecule has 1 aliphatic carbocycles. The molecular weight excluding hydrogens is 208 g/mol. The quantitative estimate of drug-likeness (QED) is 0.686. The molecule has 0 radical (unpaired) electrons. The fourth-order valence-corrected chi connectivity index (χ4v) is 2.68. The normalized spacial score (nSPS) is 13.8. The Morgan fingerprint density at radius 1 is 1.00 bits per heavy atom. The number of rotatable bonds is 0. The van der Waals surface area contributed by atoms with Crippen molar-refractivity contribution >= 4 is 0 Å². The number of aromatic nitrogens is 2. The van der Waals surface area contributed by atoms with Crippen LogP contribution >= 0.6 is 0 Å². The third-order valence-corrected chi connectivity index (χ3v) is 3.47. The maximum Gasteiger partial charge on any atom is 0.126 e. The van der Waals surface area contributed by atoms with Crippen molar-refractivity contribution in [2.75, 3.05) is 0 Å². The molecular formula is C15H16N2. The van der Waals surface area contributed by atoms with Crippen molar-refractivity contribution < 1.29 is 0 Å². The van der Waals surface area contributed by atoms with E-state index in [1.165, 1.54) is 23.1 Å². The number of aryl methyl sites for hydroxylation is 3. The summed E-state index contributed by atoms with van der Waals surface area (Å²) in [4.78, 5) is 9.16. The zero-order chi connectivity index (χ0) is 11.8. The molecule has 0 aliphatic heterocycles. The van der Waals surface area contributed by atoms with E-state index in [1.54, 1.807) is 0 Å². The Labute approximate surface area is 102 Å². The van der Waals surface area contributed by atoms with E-state index in [4.69, 9.17) is 0 Å². The van der Waals surface area contributed by atoms with Gasteiger partial charge in [0.25, 0.3) is 0 Å². The summed E-state index contributed by atoms with van der Waals surface area (Å²) < 4.78 is 0. The lowest BCUT2D eigenvalue weighted by Gasteiger charge is -2.10. The van der Waals surface area contributed by atoms with E-state index in [-0.39, 0.29) is 0 Å². The molecule has 86 valence electrons. The molecule has 1 aliphatic rings. The first-order valence-corrected chi connectivity index (χ1v) is 6.18. The van der Waals surface area contributed by atoms with Gasteiger partial charge in [0.15, 0.2) is 0 Å². The highest BCUT2D eigenvalue weighted by Gasteiger charge is 2.17. The van der Waals surface area contributed by atoms with Crippen LogP contribution in [0.5, 0.6) is 0 Å². The highest BCUT2D eigenvalue weighted by Crippen LogP contribution is 2.31. The first-order chi connectivity index (χ1) is 8.25. The van der Waals surface area contributed by atoms with Gasteiger partial charge in [-0.25, -0.2) is 9.97 Å². The molecule has 0 saturated heterocycles. The minimum Gasteiger partial charge on any atom is -0.238 e.